The van der Waals surface area contributed by atoms with Crippen molar-refractivity contribution in [2.45, 2.75) is 39.7 Å². The third-order valence-corrected chi connectivity index (χ3v) is 2.48. The Bertz CT molecular complexity index is 252. The molecule has 0 saturated carbocycles. The number of rotatable bonds is 6. The lowest BCUT2D eigenvalue weighted by Crippen LogP contribution is -2.48. The molecule has 0 fully saturated rings. The monoisotopic (exact) mass is 229 g/mol. The van der Waals surface area contributed by atoms with Crippen LogP contribution in [0.1, 0.15) is 33.6 Å². The van der Waals surface area contributed by atoms with E-state index in [-0.39, 0.29) is 11.8 Å². The van der Waals surface area contributed by atoms with Crippen LogP contribution in [-0.2, 0) is 9.59 Å². The van der Waals surface area contributed by atoms with E-state index < -0.39 is 11.5 Å². The fourth-order valence-electron chi connectivity index (χ4n) is 1.30. The SMILES string of the molecule is CCC[C@H](N)C(=O)NCC(C)(C)C(=O)NC. The van der Waals surface area contributed by atoms with Crippen molar-refractivity contribution in [2.24, 2.45) is 11.1 Å². The minimum atomic E-state index is -0.615. The first-order valence-corrected chi connectivity index (χ1v) is 5.60. The van der Waals surface area contributed by atoms with Crippen LogP contribution in [0.2, 0.25) is 0 Å². The number of carbonyl (C=O) groups is 2. The predicted molar refractivity (Wildman–Crippen MR) is 63.7 cm³/mol. The quantitative estimate of drug-likeness (QED) is 0.599. The lowest BCUT2D eigenvalue weighted by molar-refractivity contribution is -0.129. The fraction of sp³-hybridized carbons (Fsp3) is 0.818. The Hall–Kier alpha value is -1.10. The summed E-state index contributed by atoms with van der Waals surface area (Å²) in [7, 11) is 1.58. The van der Waals surface area contributed by atoms with Crippen LogP contribution in [0.15, 0.2) is 0 Å². The van der Waals surface area contributed by atoms with Gasteiger partial charge in [0, 0.05) is 13.6 Å². The molecule has 0 aromatic carbocycles. The van der Waals surface area contributed by atoms with Gasteiger partial charge in [-0.25, -0.2) is 0 Å². The second-order valence-corrected chi connectivity index (χ2v) is 4.58. The van der Waals surface area contributed by atoms with Gasteiger partial charge in [-0.05, 0) is 20.3 Å². The van der Waals surface area contributed by atoms with Crippen LogP contribution in [0.4, 0.5) is 0 Å². The van der Waals surface area contributed by atoms with Gasteiger partial charge < -0.3 is 16.4 Å². The Morgan fingerprint density at radius 1 is 1.38 bits per heavy atom. The van der Waals surface area contributed by atoms with Gasteiger partial charge in [-0.3, -0.25) is 9.59 Å². The molecule has 0 aliphatic heterocycles. The maximum Gasteiger partial charge on any atom is 0.236 e. The molecular formula is C11H23N3O2. The van der Waals surface area contributed by atoms with Crippen molar-refractivity contribution in [1.29, 1.82) is 0 Å². The Labute approximate surface area is 97.2 Å². The molecule has 0 spiro atoms. The molecular weight excluding hydrogens is 206 g/mol. The number of nitrogens with one attached hydrogen (secondary N) is 2. The average molecular weight is 229 g/mol. The van der Waals surface area contributed by atoms with E-state index in [2.05, 4.69) is 10.6 Å². The van der Waals surface area contributed by atoms with Crippen molar-refractivity contribution in [3.05, 3.63) is 0 Å². The first-order valence-electron chi connectivity index (χ1n) is 5.60. The van der Waals surface area contributed by atoms with Gasteiger partial charge in [0.15, 0.2) is 0 Å². The summed E-state index contributed by atoms with van der Waals surface area (Å²) in [5, 5.41) is 5.26. The predicted octanol–water partition coefficient (Wildman–Crippen LogP) is 0.00220. The fourth-order valence-corrected chi connectivity index (χ4v) is 1.30. The molecule has 0 aromatic rings. The topological polar surface area (TPSA) is 84.2 Å². The van der Waals surface area contributed by atoms with Crippen LogP contribution < -0.4 is 16.4 Å². The number of nitrogens with two attached hydrogens (primary N) is 1. The molecule has 4 N–H and O–H groups in total. The van der Waals surface area contributed by atoms with E-state index in [1.165, 1.54) is 0 Å². The van der Waals surface area contributed by atoms with Crippen LogP contribution in [0.3, 0.4) is 0 Å². The molecule has 5 nitrogen and oxygen atoms in total. The normalized spacial score (nSPS) is 13.1. The van der Waals surface area contributed by atoms with E-state index >= 15 is 0 Å². The van der Waals surface area contributed by atoms with E-state index in [4.69, 9.17) is 5.73 Å². The lowest BCUT2D eigenvalue weighted by Gasteiger charge is -2.23. The maximum absolute atomic E-state index is 11.5. The number of hydrogen-bond acceptors (Lipinski definition) is 3. The van der Waals surface area contributed by atoms with Crippen molar-refractivity contribution in [2.75, 3.05) is 13.6 Å². The van der Waals surface area contributed by atoms with Gasteiger partial charge >= 0.3 is 0 Å². The van der Waals surface area contributed by atoms with Crippen molar-refractivity contribution in [1.82, 2.24) is 10.6 Å². The van der Waals surface area contributed by atoms with Gasteiger partial charge in [-0.15, -0.1) is 0 Å². The Balaban J connectivity index is 4.14. The van der Waals surface area contributed by atoms with Crippen molar-refractivity contribution in [3.8, 4) is 0 Å². The maximum atomic E-state index is 11.5. The molecule has 1 atom stereocenters. The summed E-state index contributed by atoms with van der Waals surface area (Å²) < 4.78 is 0. The van der Waals surface area contributed by atoms with Crippen molar-refractivity contribution < 1.29 is 9.59 Å². The molecule has 0 radical (unpaired) electrons. The van der Waals surface area contributed by atoms with E-state index in [1.54, 1.807) is 20.9 Å². The molecule has 0 rings (SSSR count). The highest BCUT2D eigenvalue weighted by Gasteiger charge is 2.27. The first-order chi connectivity index (χ1) is 7.35. The molecule has 0 bridgehead atoms. The summed E-state index contributed by atoms with van der Waals surface area (Å²) in [6, 6.07) is -0.481. The lowest BCUT2D eigenvalue weighted by atomic mass is 9.92. The zero-order valence-electron chi connectivity index (χ0n) is 10.6. The van der Waals surface area contributed by atoms with Crippen LogP contribution in [0, 0.1) is 5.41 Å². The summed E-state index contributed by atoms with van der Waals surface area (Å²) in [4.78, 5) is 23.0. The smallest absolute Gasteiger partial charge is 0.236 e. The average Bonchev–Trinajstić information content (AvgIpc) is 2.25. The van der Waals surface area contributed by atoms with E-state index in [0.717, 1.165) is 6.42 Å². The van der Waals surface area contributed by atoms with Crippen LogP contribution >= 0.6 is 0 Å². The second-order valence-electron chi connectivity index (χ2n) is 4.58. The minimum absolute atomic E-state index is 0.100. The van der Waals surface area contributed by atoms with E-state index in [0.29, 0.717) is 13.0 Å². The van der Waals surface area contributed by atoms with Gasteiger partial charge in [0.2, 0.25) is 11.8 Å². The van der Waals surface area contributed by atoms with Gasteiger partial charge in [-0.2, -0.15) is 0 Å². The number of hydrogen-bond donors (Lipinski definition) is 3. The summed E-state index contributed by atoms with van der Waals surface area (Å²) in [5.41, 5.74) is 5.04. The van der Waals surface area contributed by atoms with Crippen LogP contribution in [0.5, 0.6) is 0 Å². The highest BCUT2D eigenvalue weighted by molar-refractivity contribution is 5.84. The molecule has 5 heteroatoms. The van der Waals surface area contributed by atoms with Gasteiger partial charge in [0.05, 0.1) is 11.5 Å². The van der Waals surface area contributed by atoms with Crippen molar-refractivity contribution >= 4 is 11.8 Å². The van der Waals surface area contributed by atoms with Crippen molar-refractivity contribution in [3.63, 3.8) is 0 Å². The van der Waals surface area contributed by atoms with E-state index in [9.17, 15) is 9.59 Å². The molecule has 16 heavy (non-hydrogen) atoms. The van der Waals surface area contributed by atoms with Crippen LogP contribution in [0.25, 0.3) is 0 Å². The molecule has 2 amide bonds. The molecule has 0 aliphatic rings. The summed E-state index contributed by atoms with van der Waals surface area (Å²) in [5.74, 6) is -0.296. The van der Waals surface area contributed by atoms with Crippen LogP contribution in [-0.4, -0.2) is 31.4 Å². The number of carbonyl (C=O) groups excluding carboxylic acids is 2. The molecule has 0 unspecified atom stereocenters. The third-order valence-electron chi connectivity index (χ3n) is 2.48. The Kier molecular flexibility index (Phi) is 6.03. The standard InChI is InChI=1S/C11H23N3O2/c1-5-6-8(12)9(15)14-7-11(2,3)10(16)13-4/h8H,5-7,12H2,1-4H3,(H,13,16)(H,14,15)/t8-/m0/s1. The number of amides is 2. The first kappa shape index (κ1) is 14.9. The van der Waals surface area contributed by atoms with Gasteiger partial charge in [0.1, 0.15) is 0 Å². The largest absolute Gasteiger partial charge is 0.359 e. The molecule has 0 aliphatic carbocycles. The third kappa shape index (κ3) is 4.61. The highest BCUT2D eigenvalue weighted by Crippen LogP contribution is 2.13. The molecule has 0 saturated heterocycles. The minimum Gasteiger partial charge on any atom is -0.359 e. The molecule has 94 valence electrons. The highest BCUT2D eigenvalue weighted by atomic mass is 16.2. The zero-order valence-corrected chi connectivity index (χ0v) is 10.6. The Morgan fingerprint density at radius 2 is 1.94 bits per heavy atom. The second kappa shape index (κ2) is 6.48. The molecule has 0 heterocycles. The summed E-state index contributed by atoms with van der Waals surface area (Å²) in [6.07, 6.45) is 1.53. The van der Waals surface area contributed by atoms with E-state index in [1.807, 2.05) is 6.92 Å². The van der Waals surface area contributed by atoms with Gasteiger partial charge in [0.25, 0.3) is 0 Å². The molecule has 0 aromatic heterocycles. The zero-order chi connectivity index (χ0) is 12.8. The van der Waals surface area contributed by atoms with Gasteiger partial charge in [-0.1, -0.05) is 13.3 Å². The summed E-state index contributed by atoms with van der Waals surface area (Å²) >= 11 is 0. The summed E-state index contributed by atoms with van der Waals surface area (Å²) in [6.45, 7) is 5.82. The Morgan fingerprint density at radius 3 is 2.38 bits per heavy atom.